The van der Waals surface area contributed by atoms with Crippen LogP contribution in [0.5, 0.6) is 0 Å². The highest BCUT2D eigenvalue weighted by Gasteiger charge is 2.22. The first-order valence-electron chi connectivity index (χ1n) is 8.62. The predicted molar refractivity (Wildman–Crippen MR) is 104 cm³/mol. The molecule has 0 atom stereocenters. The van der Waals surface area contributed by atoms with Crippen LogP contribution in [0, 0.1) is 11.6 Å². The van der Waals surface area contributed by atoms with Crippen LogP contribution in [-0.4, -0.2) is 11.8 Å². The third-order valence-electron chi connectivity index (χ3n) is 4.45. The Kier molecular flexibility index (Phi) is 4.56. The lowest BCUT2D eigenvalue weighted by molar-refractivity contribution is 0.0977. The van der Waals surface area contributed by atoms with Gasteiger partial charge in [0, 0.05) is 5.39 Å². The zero-order chi connectivity index (χ0) is 20.5. The van der Waals surface area contributed by atoms with Crippen molar-refractivity contribution >= 4 is 28.5 Å². The van der Waals surface area contributed by atoms with Gasteiger partial charge >= 0.3 is 0 Å². The molecule has 1 heterocycles. The largest absolute Gasteiger partial charge is 0.449 e. The number of furan rings is 1. The minimum Gasteiger partial charge on any atom is -0.449 e. The first-order valence-corrected chi connectivity index (χ1v) is 8.62. The molecule has 0 aliphatic carbocycles. The smallest absolute Gasteiger partial charge is 0.286 e. The van der Waals surface area contributed by atoms with E-state index in [0.717, 1.165) is 0 Å². The number of hydrogen-bond acceptors (Lipinski definition) is 3. The van der Waals surface area contributed by atoms with Gasteiger partial charge in [0.05, 0.1) is 5.56 Å². The molecule has 0 unspecified atom stereocenters. The fourth-order valence-corrected chi connectivity index (χ4v) is 3.05. The molecule has 0 spiro atoms. The maximum Gasteiger partial charge on any atom is 0.286 e. The summed E-state index contributed by atoms with van der Waals surface area (Å²) in [5.74, 6) is -3.01. The molecule has 1 aromatic heterocycles. The summed E-state index contributed by atoms with van der Waals surface area (Å²) in [6.45, 7) is 0. The van der Waals surface area contributed by atoms with Crippen LogP contribution in [0.3, 0.4) is 0 Å². The highest BCUT2D eigenvalue weighted by atomic mass is 19.1. The number of rotatable bonds is 4. The highest BCUT2D eigenvalue weighted by molar-refractivity contribution is 6.14. The molecule has 0 radical (unpaired) electrons. The van der Waals surface area contributed by atoms with Crippen molar-refractivity contribution in [3.63, 3.8) is 0 Å². The van der Waals surface area contributed by atoms with Gasteiger partial charge in [-0.2, -0.15) is 0 Å². The molecule has 5 nitrogen and oxygen atoms in total. The fraction of sp³-hybridized carbons (Fsp3) is 0. The second-order valence-corrected chi connectivity index (χ2v) is 6.32. The number of anilines is 1. The molecule has 0 saturated heterocycles. The third kappa shape index (κ3) is 3.45. The Morgan fingerprint density at radius 3 is 2.28 bits per heavy atom. The molecule has 0 aliphatic rings. The molecule has 4 aromatic rings. The number of hydrogen-bond donors (Lipinski definition) is 2. The van der Waals surface area contributed by atoms with Crippen LogP contribution in [0.1, 0.15) is 20.9 Å². The lowest BCUT2D eigenvalue weighted by Crippen LogP contribution is -2.18. The summed E-state index contributed by atoms with van der Waals surface area (Å²) >= 11 is 0. The van der Waals surface area contributed by atoms with Crippen molar-refractivity contribution < 1.29 is 22.8 Å². The van der Waals surface area contributed by atoms with E-state index in [4.69, 9.17) is 10.2 Å². The van der Waals surface area contributed by atoms with E-state index in [9.17, 15) is 18.4 Å². The number of benzene rings is 3. The molecule has 0 bridgehead atoms. The van der Waals surface area contributed by atoms with Gasteiger partial charge in [-0.3, -0.25) is 9.59 Å². The number of halogens is 2. The molecular weight excluding hydrogens is 378 g/mol. The van der Waals surface area contributed by atoms with Crippen molar-refractivity contribution in [1.82, 2.24) is 0 Å². The number of carbonyl (C=O) groups is 2. The fourth-order valence-electron chi connectivity index (χ4n) is 3.05. The van der Waals surface area contributed by atoms with Gasteiger partial charge in [-0.15, -0.1) is 0 Å². The van der Waals surface area contributed by atoms with E-state index < -0.39 is 23.4 Å². The van der Waals surface area contributed by atoms with E-state index in [0.29, 0.717) is 22.1 Å². The van der Waals surface area contributed by atoms with Gasteiger partial charge in [0.15, 0.2) is 0 Å². The topological polar surface area (TPSA) is 85.3 Å². The van der Waals surface area contributed by atoms with Gasteiger partial charge in [0.25, 0.3) is 11.8 Å². The monoisotopic (exact) mass is 392 g/mol. The number of para-hydroxylation sites is 1. The Morgan fingerprint density at radius 1 is 0.897 bits per heavy atom. The van der Waals surface area contributed by atoms with E-state index in [-0.39, 0.29) is 17.0 Å². The van der Waals surface area contributed by atoms with Gasteiger partial charge < -0.3 is 15.5 Å². The Morgan fingerprint density at radius 2 is 1.59 bits per heavy atom. The van der Waals surface area contributed by atoms with Gasteiger partial charge in [0.1, 0.15) is 22.9 Å². The molecule has 0 aliphatic heterocycles. The normalized spacial score (nSPS) is 10.8. The summed E-state index contributed by atoms with van der Waals surface area (Å²) in [4.78, 5) is 24.3. The van der Waals surface area contributed by atoms with E-state index >= 15 is 0 Å². The zero-order valence-corrected chi connectivity index (χ0v) is 14.9. The van der Waals surface area contributed by atoms with E-state index in [1.807, 2.05) is 0 Å². The lowest BCUT2D eigenvalue weighted by Gasteiger charge is -2.08. The van der Waals surface area contributed by atoms with E-state index in [2.05, 4.69) is 5.32 Å². The van der Waals surface area contributed by atoms with Crippen molar-refractivity contribution in [2.24, 2.45) is 5.73 Å². The number of nitrogens with one attached hydrogen (secondary N) is 1. The number of amides is 2. The van der Waals surface area contributed by atoms with Crippen molar-refractivity contribution in [3.8, 4) is 11.1 Å². The molecule has 2 amide bonds. The second kappa shape index (κ2) is 7.20. The third-order valence-corrected chi connectivity index (χ3v) is 4.45. The van der Waals surface area contributed by atoms with Crippen LogP contribution >= 0.6 is 0 Å². The summed E-state index contributed by atoms with van der Waals surface area (Å²) in [7, 11) is 0. The van der Waals surface area contributed by atoms with E-state index in [1.165, 1.54) is 36.4 Å². The lowest BCUT2D eigenvalue weighted by atomic mass is 10.0. The number of carbonyl (C=O) groups excluding carboxylic acids is 2. The second-order valence-electron chi connectivity index (χ2n) is 6.32. The van der Waals surface area contributed by atoms with Gasteiger partial charge in [0.2, 0.25) is 5.76 Å². The predicted octanol–water partition coefficient (Wildman–Crippen LogP) is 4.73. The Bertz CT molecular complexity index is 1250. The van der Waals surface area contributed by atoms with Gasteiger partial charge in [-0.05, 0) is 47.5 Å². The Hall–Kier alpha value is -4.00. The van der Waals surface area contributed by atoms with Crippen molar-refractivity contribution in [2.75, 3.05) is 5.32 Å². The van der Waals surface area contributed by atoms with Crippen LogP contribution in [0.4, 0.5) is 14.5 Å². The molecule has 4 rings (SSSR count). The average Bonchev–Trinajstić information content (AvgIpc) is 3.07. The standard InChI is InChI=1S/C22H14F2N2O3/c23-14-8-5-12(6-9-14)13-7-10-15(17(24)11-13)22(28)26-19-16-3-1-2-4-18(16)29-20(19)21(25)27/h1-11H,(H2,25,27)(H,26,28). The maximum atomic E-state index is 14.6. The van der Waals surface area contributed by atoms with Crippen molar-refractivity contribution in [3.05, 3.63) is 89.7 Å². The first kappa shape index (κ1) is 18.4. The first-order chi connectivity index (χ1) is 13.9. The van der Waals surface area contributed by atoms with Gasteiger partial charge in [-0.25, -0.2) is 8.78 Å². The molecule has 144 valence electrons. The minimum atomic E-state index is -0.858. The van der Waals surface area contributed by atoms with Crippen molar-refractivity contribution in [1.29, 1.82) is 0 Å². The number of fused-ring (bicyclic) bond motifs is 1. The highest BCUT2D eigenvalue weighted by Crippen LogP contribution is 2.31. The molecule has 0 fully saturated rings. The van der Waals surface area contributed by atoms with Crippen molar-refractivity contribution in [2.45, 2.75) is 0 Å². The van der Waals surface area contributed by atoms with Crippen LogP contribution in [0.25, 0.3) is 22.1 Å². The summed E-state index contributed by atoms with van der Waals surface area (Å²) in [6, 6.07) is 16.3. The molecule has 3 N–H and O–H groups in total. The Labute approximate surface area is 163 Å². The molecular formula is C22H14F2N2O3. The van der Waals surface area contributed by atoms with Crippen LogP contribution in [-0.2, 0) is 0 Å². The maximum absolute atomic E-state index is 14.6. The summed E-state index contributed by atoms with van der Waals surface area (Å²) in [5, 5.41) is 2.99. The van der Waals surface area contributed by atoms with Crippen LogP contribution in [0.2, 0.25) is 0 Å². The molecule has 3 aromatic carbocycles. The zero-order valence-electron chi connectivity index (χ0n) is 14.9. The number of primary amides is 1. The molecule has 7 heteroatoms. The minimum absolute atomic E-state index is 0.0834. The van der Waals surface area contributed by atoms with Crippen LogP contribution in [0.15, 0.2) is 71.1 Å². The van der Waals surface area contributed by atoms with Gasteiger partial charge in [-0.1, -0.05) is 30.3 Å². The number of nitrogens with two attached hydrogens (primary N) is 1. The summed E-state index contributed by atoms with van der Waals surface area (Å²) in [5.41, 5.74) is 6.65. The summed E-state index contributed by atoms with van der Waals surface area (Å²) in [6.07, 6.45) is 0. The molecule has 29 heavy (non-hydrogen) atoms. The average molecular weight is 392 g/mol. The summed E-state index contributed by atoms with van der Waals surface area (Å²) < 4.78 is 33.1. The van der Waals surface area contributed by atoms with E-state index in [1.54, 1.807) is 30.3 Å². The Balaban J connectivity index is 1.67. The quantitative estimate of drug-likeness (QED) is 0.527. The van der Waals surface area contributed by atoms with Crippen LogP contribution < -0.4 is 11.1 Å². The SMILES string of the molecule is NC(=O)c1oc2ccccc2c1NC(=O)c1ccc(-c2ccc(F)cc2)cc1F. The molecule has 0 saturated carbocycles.